The van der Waals surface area contributed by atoms with Gasteiger partial charge in [0.2, 0.25) is 0 Å². The molecule has 2 aromatic rings. The van der Waals surface area contributed by atoms with Crippen LogP contribution in [-0.4, -0.2) is 5.97 Å². The standard InChI is InChI=1S/C30H37F3O2/c1-2-3-4-20-5-7-21(8-6-20)22-9-11-24(12-10-22)30(34)35-26-15-13-23(14-16-26)25-17-28(32)27(19-31)29(33)18-25/h13-18,20-22,24H,2-12,19H2,1H3. The summed E-state index contributed by atoms with van der Waals surface area (Å²) in [4.78, 5) is 12.8. The fourth-order valence-electron chi connectivity index (χ4n) is 6.08. The molecular formula is C30H37F3O2. The summed E-state index contributed by atoms with van der Waals surface area (Å²) in [7, 11) is 0. The number of ether oxygens (including phenoxy) is 1. The highest BCUT2D eigenvalue weighted by Gasteiger charge is 2.33. The van der Waals surface area contributed by atoms with Gasteiger partial charge in [0, 0.05) is 0 Å². The minimum atomic E-state index is -1.19. The number of hydrogen-bond acceptors (Lipinski definition) is 2. The number of benzene rings is 2. The molecule has 0 bridgehead atoms. The second kappa shape index (κ2) is 12.1. The summed E-state index contributed by atoms with van der Waals surface area (Å²) >= 11 is 0. The van der Waals surface area contributed by atoms with E-state index >= 15 is 0 Å². The maximum absolute atomic E-state index is 13.9. The number of carbonyl (C=O) groups is 1. The first kappa shape index (κ1) is 25.8. The van der Waals surface area contributed by atoms with E-state index in [1.807, 2.05) is 0 Å². The number of rotatable bonds is 8. The Labute approximate surface area is 207 Å². The molecule has 0 heterocycles. The largest absolute Gasteiger partial charge is 0.426 e. The smallest absolute Gasteiger partial charge is 0.314 e. The SMILES string of the molecule is CCCCC1CCC(C2CCC(C(=O)Oc3ccc(-c4cc(F)c(CF)c(F)c4)cc3)CC2)CC1. The first-order valence-electron chi connectivity index (χ1n) is 13.3. The average Bonchev–Trinajstić information content (AvgIpc) is 2.88. The minimum absolute atomic E-state index is 0.0664. The minimum Gasteiger partial charge on any atom is -0.426 e. The third-order valence-corrected chi connectivity index (χ3v) is 8.31. The fraction of sp³-hybridized carbons (Fsp3) is 0.567. The fourth-order valence-corrected chi connectivity index (χ4v) is 6.08. The van der Waals surface area contributed by atoms with Crippen LogP contribution >= 0.6 is 0 Å². The van der Waals surface area contributed by atoms with E-state index in [0.29, 0.717) is 16.9 Å². The number of hydrogen-bond donors (Lipinski definition) is 0. The molecule has 5 heteroatoms. The molecule has 2 aliphatic carbocycles. The molecular weight excluding hydrogens is 449 g/mol. The molecule has 0 radical (unpaired) electrons. The normalized spacial score (nSPS) is 24.8. The van der Waals surface area contributed by atoms with E-state index in [4.69, 9.17) is 4.74 Å². The topological polar surface area (TPSA) is 26.3 Å². The van der Waals surface area contributed by atoms with Crippen LogP contribution in [0.15, 0.2) is 36.4 Å². The molecule has 0 N–H and O–H groups in total. The lowest BCUT2D eigenvalue weighted by Gasteiger charge is -2.37. The molecule has 2 aromatic carbocycles. The van der Waals surface area contributed by atoms with Gasteiger partial charge in [-0.15, -0.1) is 0 Å². The summed E-state index contributed by atoms with van der Waals surface area (Å²) in [5, 5.41) is 0. The summed E-state index contributed by atoms with van der Waals surface area (Å²) < 4.78 is 46.2. The van der Waals surface area contributed by atoms with Gasteiger partial charge in [0.05, 0.1) is 11.5 Å². The first-order chi connectivity index (χ1) is 17.0. The molecule has 0 saturated heterocycles. The quantitative estimate of drug-likeness (QED) is 0.275. The predicted octanol–water partition coefficient (Wildman–Crippen LogP) is 8.81. The third kappa shape index (κ3) is 6.48. The third-order valence-electron chi connectivity index (χ3n) is 8.31. The Morgan fingerprint density at radius 2 is 1.43 bits per heavy atom. The van der Waals surface area contributed by atoms with Gasteiger partial charge < -0.3 is 4.74 Å². The Bertz CT molecular complexity index is 949. The lowest BCUT2D eigenvalue weighted by Crippen LogP contribution is -2.30. The van der Waals surface area contributed by atoms with E-state index < -0.39 is 23.9 Å². The number of unbranched alkanes of at least 4 members (excludes halogenated alkanes) is 1. The van der Waals surface area contributed by atoms with Crippen LogP contribution in [0.25, 0.3) is 11.1 Å². The van der Waals surface area contributed by atoms with Crippen LogP contribution in [0.5, 0.6) is 5.75 Å². The van der Waals surface area contributed by atoms with E-state index in [1.165, 1.54) is 44.9 Å². The lowest BCUT2D eigenvalue weighted by molar-refractivity contribution is -0.140. The summed E-state index contributed by atoms with van der Waals surface area (Å²) in [6, 6.07) is 8.81. The summed E-state index contributed by atoms with van der Waals surface area (Å²) in [5.41, 5.74) is 0.319. The molecule has 2 nitrogen and oxygen atoms in total. The van der Waals surface area contributed by atoms with Crippen molar-refractivity contribution in [2.45, 2.75) is 84.2 Å². The molecule has 2 saturated carbocycles. The van der Waals surface area contributed by atoms with Crippen molar-refractivity contribution in [3.05, 3.63) is 53.6 Å². The van der Waals surface area contributed by atoms with Gasteiger partial charge >= 0.3 is 5.97 Å². The van der Waals surface area contributed by atoms with Gasteiger partial charge in [-0.2, -0.15) is 0 Å². The Kier molecular flexibility index (Phi) is 8.91. The summed E-state index contributed by atoms with van der Waals surface area (Å²) in [5.74, 6) is 0.855. The molecule has 0 amide bonds. The Hall–Kier alpha value is -2.30. The van der Waals surface area contributed by atoms with Crippen molar-refractivity contribution >= 4 is 5.97 Å². The van der Waals surface area contributed by atoms with Crippen LogP contribution in [0.3, 0.4) is 0 Å². The van der Waals surface area contributed by atoms with Crippen molar-refractivity contribution in [2.24, 2.45) is 23.7 Å². The number of esters is 1. The molecule has 0 aromatic heterocycles. The zero-order valence-corrected chi connectivity index (χ0v) is 20.7. The molecule has 2 aliphatic rings. The number of carbonyl (C=O) groups excluding carboxylic acids is 1. The number of halogens is 3. The van der Waals surface area contributed by atoms with Crippen LogP contribution in [0, 0.1) is 35.3 Å². The molecule has 0 unspecified atom stereocenters. The van der Waals surface area contributed by atoms with Gasteiger partial charge in [-0.05, 0) is 91.7 Å². The van der Waals surface area contributed by atoms with Crippen molar-refractivity contribution in [1.82, 2.24) is 0 Å². The monoisotopic (exact) mass is 486 g/mol. The second-order valence-corrected chi connectivity index (χ2v) is 10.5. The maximum Gasteiger partial charge on any atom is 0.314 e. The lowest BCUT2D eigenvalue weighted by atomic mass is 9.68. The van der Waals surface area contributed by atoms with E-state index in [2.05, 4.69) is 6.92 Å². The van der Waals surface area contributed by atoms with Crippen LogP contribution in [0.4, 0.5) is 13.2 Å². The Morgan fingerprint density at radius 1 is 0.857 bits per heavy atom. The molecule has 0 atom stereocenters. The summed E-state index contributed by atoms with van der Waals surface area (Å²) in [6.45, 7) is 1.08. The molecule has 4 rings (SSSR count). The van der Waals surface area contributed by atoms with E-state index in [1.54, 1.807) is 24.3 Å². The highest BCUT2D eigenvalue weighted by atomic mass is 19.1. The Balaban J connectivity index is 1.26. The molecule has 0 spiro atoms. The van der Waals surface area contributed by atoms with Gasteiger partial charge in [-0.1, -0.05) is 51.2 Å². The first-order valence-corrected chi connectivity index (χ1v) is 13.3. The van der Waals surface area contributed by atoms with Gasteiger partial charge in [-0.3, -0.25) is 4.79 Å². The predicted molar refractivity (Wildman–Crippen MR) is 133 cm³/mol. The zero-order chi connectivity index (χ0) is 24.8. The van der Waals surface area contributed by atoms with Gasteiger partial charge in [0.15, 0.2) is 0 Å². The van der Waals surface area contributed by atoms with Crippen molar-refractivity contribution < 1.29 is 22.7 Å². The van der Waals surface area contributed by atoms with Crippen molar-refractivity contribution in [2.75, 3.05) is 0 Å². The van der Waals surface area contributed by atoms with Gasteiger partial charge in [0.25, 0.3) is 0 Å². The molecule has 190 valence electrons. The van der Waals surface area contributed by atoms with E-state index in [9.17, 15) is 18.0 Å². The zero-order valence-electron chi connectivity index (χ0n) is 20.7. The summed E-state index contributed by atoms with van der Waals surface area (Å²) in [6.07, 6.45) is 13.5. The van der Waals surface area contributed by atoms with Crippen molar-refractivity contribution in [1.29, 1.82) is 0 Å². The molecule has 35 heavy (non-hydrogen) atoms. The van der Waals surface area contributed by atoms with Gasteiger partial charge in [-0.25, -0.2) is 13.2 Å². The molecule has 0 aliphatic heterocycles. The maximum atomic E-state index is 13.9. The van der Waals surface area contributed by atoms with E-state index in [-0.39, 0.29) is 11.9 Å². The van der Waals surface area contributed by atoms with Crippen LogP contribution in [0.1, 0.15) is 83.1 Å². The highest BCUT2D eigenvalue weighted by molar-refractivity contribution is 5.75. The van der Waals surface area contributed by atoms with E-state index in [0.717, 1.165) is 55.6 Å². The second-order valence-electron chi connectivity index (χ2n) is 10.5. The van der Waals surface area contributed by atoms with Crippen LogP contribution in [0.2, 0.25) is 0 Å². The average molecular weight is 487 g/mol. The van der Waals surface area contributed by atoms with Gasteiger partial charge in [0.1, 0.15) is 24.1 Å². The molecule has 2 fully saturated rings. The van der Waals surface area contributed by atoms with Crippen LogP contribution in [-0.2, 0) is 11.5 Å². The van der Waals surface area contributed by atoms with Crippen molar-refractivity contribution in [3.8, 4) is 16.9 Å². The number of alkyl halides is 1. The van der Waals surface area contributed by atoms with Crippen LogP contribution < -0.4 is 4.74 Å². The van der Waals surface area contributed by atoms with Crippen molar-refractivity contribution in [3.63, 3.8) is 0 Å². The Morgan fingerprint density at radius 3 is 1.97 bits per heavy atom. The highest BCUT2D eigenvalue weighted by Crippen LogP contribution is 2.42.